The molecule has 110 valence electrons. The molecule has 1 aliphatic heterocycles. The predicted octanol–water partition coefficient (Wildman–Crippen LogP) is 3.15. The van der Waals surface area contributed by atoms with Crippen molar-refractivity contribution in [3.05, 3.63) is 35.9 Å². The Hall–Kier alpha value is -1.35. The number of carboxylic acids is 1. The van der Waals surface area contributed by atoms with E-state index in [2.05, 4.69) is 18.7 Å². The molecule has 1 fully saturated rings. The molecule has 1 aromatic rings. The third kappa shape index (κ3) is 2.88. The number of likely N-dealkylation sites (tertiary alicyclic amines) is 1. The SMILES string of the molecule is CC(C)C1CCCN1CC(C)(C(=O)O)c1ccccc1. The van der Waals surface area contributed by atoms with Crippen LogP contribution in [0, 0.1) is 5.92 Å². The van der Waals surface area contributed by atoms with Gasteiger partial charge < -0.3 is 5.11 Å². The number of hydrogen-bond acceptors (Lipinski definition) is 2. The molecule has 3 nitrogen and oxygen atoms in total. The van der Waals surface area contributed by atoms with Gasteiger partial charge in [0.2, 0.25) is 0 Å². The molecule has 1 N–H and O–H groups in total. The minimum atomic E-state index is -0.835. The number of aliphatic carboxylic acids is 1. The Morgan fingerprint density at radius 3 is 2.60 bits per heavy atom. The standard InChI is InChI=1S/C17H25NO2/c1-13(2)15-10-7-11-18(15)12-17(3,16(19)20)14-8-5-4-6-9-14/h4-6,8-9,13,15H,7,10-12H2,1-3H3,(H,19,20). The topological polar surface area (TPSA) is 40.5 Å². The molecular formula is C17H25NO2. The number of carboxylic acid groups (broad SMARTS) is 1. The Kier molecular flexibility index (Phi) is 4.48. The summed E-state index contributed by atoms with van der Waals surface area (Å²) in [5, 5.41) is 9.74. The lowest BCUT2D eigenvalue weighted by Gasteiger charge is -2.35. The molecular weight excluding hydrogens is 250 g/mol. The molecule has 0 bridgehead atoms. The van der Waals surface area contributed by atoms with Crippen LogP contribution in [0.4, 0.5) is 0 Å². The van der Waals surface area contributed by atoms with Gasteiger partial charge >= 0.3 is 5.97 Å². The summed E-state index contributed by atoms with van der Waals surface area (Å²) in [6.45, 7) is 7.90. The maximum atomic E-state index is 11.9. The second kappa shape index (κ2) is 5.96. The second-order valence-electron chi connectivity index (χ2n) is 6.43. The maximum Gasteiger partial charge on any atom is 0.315 e. The largest absolute Gasteiger partial charge is 0.481 e. The molecule has 1 heterocycles. The van der Waals surface area contributed by atoms with Crippen LogP contribution < -0.4 is 0 Å². The van der Waals surface area contributed by atoms with E-state index in [1.807, 2.05) is 37.3 Å². The molecule has 0 spiro atoms. The molecule has 1 aromatic carbocycles. The van der Waals surface area contributed by atoms with Gasteiger partial charge in [0.25, 0.3) is 0 Å². The fraction of sp³-hybridized carbons (Fsp3) is 0.588. The summed E-state index contributed by atoms with van der Waals surface area (Å²) in [5.41, 5.74) is 0.0561. The summed E-state index contributed by atoms with van der Waals surface area (Å²) < 4.78 is 0. The van der Waals surface area contributed by atoms with Crippen LogP contribution >= 0.6 is 0 Å². The first-order valence-electron chi connectivity index (χ1n) is 7.48. The predicted molar refractivity (Wildman–Crippen MR) is 80.9 cm³/mol. The molecule has 2 atom stereocenters. The van der Waals surface area contributed by atoms with Crippen molar-refractivity contribution in [3.8, 4) is 0 Å². The second-order valence-corrected chi connectivity index (χ2v) is 6.43. The van der Waals surface area contributed by atoms with Crippen molar-refractivity contribution in [2.24, 2.45) is 5.92 Å². The molecule has 1 saturated heterocycles. The molecule has 1 aliphatic rings. The van der Waals surface area contributed by atoms with Crippen molar-refractivity contribution >= 4 is 5.97 Å². The molecule has 2 rings (SSSR count). The summed E-state index contributed by atoms with van der Waals surface area (Å²) >= 11 is 0. The molecule has 0 saturated carbocycles. The molecule has 2 unspecified atom stereocenters. The van der Waals surface area contributed by atoms with Crippen LogP contribution in [0.2, 0.25) is 0 Å². The highest BCUT2D eigenvalue weighted by atomic mass is 16.4. The van der Waals surface area contributed by atoms with Crippen molar-refractivity contribution in [3.63, 3.8) is 0 Å². The van der Waals surface area contributed by atoms with E-state index in [1.165, 1.54) is 12.8 Å². The quantitative estimate of drug-likeness (QED) is 0.897. The average Bonchev–Trinajstić information content (AvgIpc) is 2.87. The van der Waals surface area contributed by atoms with Crippen LogP contribution in [0.25, 0.3) is 0 Å². The van der Waals surface area contributed by atoms with Crippen LogP contribution in [0.3, 0.4) is 0 Å². The van der Waals surface area contributed by atoms with Gasteiger partial charge in [-0.05, 0) is 37.8 Å². The van der Waals surface area contributed by atoms with Crippen LogP contribution in [-0.2, 0) is 10.2 Å². The van der Waals surface area contributed by atoms with E-state index in [9.17, 15) is 9.90 Å². The van der Waals surface area contributed by atoms with Crippen LogP contribution in [0.1, 0.15) is 39.2 Å². The minimum absolute atomic E-state index is 0.511. The summed E-state index contributed by atoms with van der Waals surface area (Å²) in [7, 11) is 0. The number of hydrogen-bond donors (Lipinski definition) is 1. The number of carbonyl (C=O) groups is 1. The third-order valence-corrected chi connectivity index (χ3v) is 4.59. The monoisotopic (exact) mass is 275 g/mol. The van der Waals surface area contributed by atoms with Crippen molar-refractivity contribution in [2.45, 2.75) is 45.1 Å². The van der Waals surface area contributed by atoms with Gasteiger partial charge in [0.1, 0.15) is 5.41 Å². The maximum absolute atomic E-state index is 11.9. The van der Waals surface area contributed by atoms with Gasteiger partial charge in [-0.1, -0.05) is 44.2 Å². The van der Waals surface area contributed by atoms with E-state index in [1.54, 1.807) is 0 Å². The van der Waals surface area contributed by atoms with Gasteiger partial charge in [-0.2, -0.15) is 0 Å². The lowest BCUT2D eigenvalue weighted by atomic mass is 9.81. The van der Waals surface area contributed by atoms with Crippen molar-refractivity contribution in [2.75, 3.05) is 13.1 Å². The minimum Gasteiger partial charge on any atom is -0.481 e. The Balaban J connectivity index is 2.24. The van der Waals surface area contributed by atoms with E-state index in [4.69, 9.17) is 0 Å². The first-order chi connectivity index (χ1) is 9.45. The number of rotatable bonds is 5. The van der Waals surface area contributed by atoms with E-state index in [0.717, 1.165) is 12.1 Å². The Morgan fingerprint density at radius 1 is 1.40 bits per heavy atom. The molecule has 3 heteroatoms. The van der Waals surface area contributed by atoms with Gasteiger partial charge in [0.05, 0.1) is 0 Å². The van der Waals surface area contributed by atoms with E-state index < -0.39 is 11.4 Å². The van der Waals surface area contributed by atoms with Gasteiger partial charge in [-0.25, -0.2) is 0 Å². The van der Waals surface area contributed by atoms with Gasteiger partial charge in [0.15, 0.2) is 0 Å². The third-order valence-electron chi connectivity index (χ3n) is 4.59. The van der Waals surface area contributed by atoms with Crippen LogP contribution in [0.15, 0.2) is 30.3 Å². The highest BCUT2D eigenvalue weighted by Gasteiger charge is 2.40. The normalized spacial score (nSPS) is 22.9. The smallest absolute Gasteiger partial charge is 0.315 e. The molecule has 0 aromatic heterocycles. The average molecular weight is 275 g/mol. The zero-order chi connectivity index (χ0) is 14.8. The van der Waals surface area contributed by atoms with Gasteiger partial charge in [-0.3, -0.25) is 9.69 Å². The number of benzene rings is 1. The van der Waals surface area contributed by atoms with Crippen molar-refractivity contribution in [1.29, 1.82) is 0 Å². The fourth-order valence-electron chi connectivity index (χ4n) is 3.30. The summed E-state index contributed by atoms with van der Waals surface area (Å²) in [6, 6.07) is 10.1. The molecule has 0 amide bonds. The van der Waals surface area contributed by atoms with Crippen LogP contribution in [-0.4, -0.2) is 35.1 Å². The van der Waals surface area contributed by atoms with Crippen molar-refractivity contribution < 1.29 is 9.90 Å². The molecule has 0 aliphatic carbocycles. The summed E-state index contributed by atoms with van der Waals surface area (Å²) in [6.07, 6.45) is 2.36. The lowest BCUT2D eigenvalue weighted by Crippen LogP contribution is -2.47. The zero-order valence-electron chi connectivity index (χ0n) is 12.7. The van der Waals surface area contributed by atoms with E-state index >= 15 is 0 Å². The molecule has 20 heavy (non-hydrogen) atoms. The van der Waals surface area contributed by atoms with E-state index in [-0.39, 0.29) is 0 Å². The van der Waals surface area contributed by atoms with Crippen LogP contribution in [0.5, 0.6) is 0 Å². The fourth-order valence-corrected chi connectivity index (χ4v) is 3.30. The highest BCUT2D eigenvalue weighted by molar-refractivity contribution is 5.81. The first kappa shape index (κ1) is 15.0. The molecule has 0 radical (unpaired) electrons. The number of nitrogens with zero attached hydrogens (tertiary/aromatic N) is 1. The van der Waals surface area contributed by atoms with Gasteiger partial charge in [0, 0.05) is 12.6 Å². The van der Waals surface area contributed by atoms with E-state index in [0.29, 0.717) is 18.5 Å². The first-order valence-corrected chi connectivity index (χ1v) is 7.48. The lowest BCUT2D eigenvalue weighted by molar-refractivity contribution is -0.144. The zero-order valence-corrected chi connectivity index (χ0v) is 12.7. The Morgan fingerprint density at radius 2 is 2.05 bits per heavy atom. The highest BCUT2D eigenvalue weighted by Crippen LogP contribution is 2.31. The van der Waals surface area contributed by atoms with Gasteiger partial charge in [-0.15, -0.1) is 0 Å². The summed E-state index contributed by atoms with van der Waals surface area (Å²) in [5.74, 6) is -0.163. The Bertz CT molecular complexity index is 457. The van der Waals surface area contributed by atoms with Crippen molar-refractivity contribution in [1.82, 2.24) is 4.90 Å². The summed E-state index contributed by atoms with van der Waals surface area (Å²) in [4.78, 5) is 14.2. The Labute approximate surface area is 121 Å².